The minimum Gasteiger partial charge on any atom is -0.454 e. The van der Waals surface area contributed by atoms with Gasteiger partial charge in [-0.15, -0.1) is 0 Å². The summed E-state index contributed by atoms with van der Waals surface area (Å²) in [4.78, 5) is 24.3. The van der Waals surface area contributed by atoms with Gasteiger partial charge in [-0.25, -0.2) is 0 Å². The normalized spacial score (nSPS) is 12.1. The highest BCUT2D eigenvalue weighted by molar-refractivity contribution is 6.08. The first kappa shape index (κ1) is 14.9. The fourth-order valence-electron chi connectivity index (χ4n) is 2.19. The van der Waals surface area contributed by atoms with E-state index in [0.29, 0.717) is 29.3 Å². The van der Waals surface area contributed by atoms with Crippen molar-refractivity contribution in [1.29, 1.82) is 0 Å². The molecule has 1 aliphatic heterocycles. The molecule has 8 heteroatoms. The summed E-state index contributed by atoms with van der Waals surface area (Å²) in [5, 5.41) is 9.36. The molecule has 1 aromatic carbocycles. The fraction of sp³-hybridized carbons (Fsp3) is 0.267. The number of nitrogens with zero attached hydrogens (tertiary/aromatic N) is 2. The Bertz CT molecular complexity index is 769. The Labute approximate surface area is 132 Å². The lowest BCUT2D eigenvalue weighted by Crippen LogP contribution is -2.21. The first-order valence-corrected chi connectivity index (χ1v) is 7.13. The largest absolute Gasteiger partial charge is 0.454 e. The molecular weight excluding hydrogens is 300 g/mol. The molecule has 8 nitrogen and oxygen atoms in total. The van der Waals surface area contributed by atoms with Crippen LogP contribution in [-0.4, -0.2) is 35.4 Å². The zero-order valence-electron chi connectivity index (χ0n) is 12.8. The molecule has 1 aromatic heterocycles. The number of carbonyl (C=O) groups is 2. The molecule has 0 saturated heterocycles. The Morgan fingerprint density at radius 3 is 2.78 bits per heavy atom. The Morgan fingerprint density at radius 1 is 1.26 bits per heavy atom. The minimum absolute atomic E-state index is 0.143. The number of carbonyl (C=O) groups excluding carboxylic acids is 2. The van der Waals surface area contributed by atoms with Gasteiger partial charge >= 0.3 is 0 Å². The molecule has 2 N–H and O–H groups in total. The molecule has 0 unspecified atom stereocenters. The van der Waals surface area contributed by atoms with Gasteiger partial charge in [-0.3, -0.25) is 14.3 Å². The van der Waals surface area contributed by atoms with Crippen LogP contribution >= 0.6 is 0 Å². The van der Waals surface area contributed by atoms with Gasteiger partial charge in [0.25, 0.3) is 11.8 Å². The zero-order chi connectivity index (χ0) is 16.4. The predicted molar refractivity (Wildman–Crippen MR) is 81.8 cm³/mol. The van der Waals surface area contributed by atoms with Crippen LogP contribution in [0, 0.1) is 0 Å². The number of rotatable bonds is 4. The molecule has 120 valence electrons. The van der Waals surface area contributed by atoms with Crippen molar-refractivity contribution in [3.05, 3.63) is 35.7 Å². The number of aryl methyl sites for hydroxylation is 1. The van der Waals surface area contributed by atoms with Gasteiger partial charge in [0.2, 0.25) is 6.79 Å². The lowest BCUT2D eigenvalue weighted by Gasteiger charge is -2.05. The van der Waals surface area contributed by atoms with Crippen molar-refractivity contribution in [1.82, 2.24) is 15.1 Å². The molecule has 0 fully saturated rings. The maximum Gasteiger partial charge on any atom is 0.273 e. The number of anilines is 1. The number of nitrogens with one attached hydrogen (secondary N) is 2. The highest BCUT2D eigenvalue weighted by atomic mass is 16.7. The molecule has 2 heterocycles. The molecule has 0 atom stereocenters. The summed E-state index contributed by atoms with van der Waals surface area (Å²) in [6.07, 6.45) is 1.62. The second-order valence-electron chi connectivity index (χ2n) is 4.85. The Balaban J connectivity index is 1.85. The monoisotopic (exact) mass is 316 g/mol. The summed E-state index contributed by atoms with van der Waals surface area (Å²) in [6, 6.07) is 4.90. The van der Waals surface area contributed by atoms with Gasteiger partial charge in [0, 0.05) is 25.4 Å². The van der Waals surface area contributed by atoms with E-state index >= 15 is 0 Å². The summed E-state index contributed by atoms with van der Waals surface area (Å²) in [6.45, 7) is 2.62. The molecular formula is C15H16N4O4. The van der Waals surface area contributed by atoms with Crippen LogP contribution in [0.5, 0.6) is 11.5 Å². The zero-order valence-corrected chi connectivity index (χ0v) is 12.8. The van der Waals surface area contributed by atoms with Crippen molar-refractivity contribution in [2.24, 2.45) is 0 Å². The van der Waals surface area contributed by atoms with E-state index in [0.717, 1.165) is 0 Å². The molecule has 0 radical (unpaired) electrons. The first-order valence-electron chi connectivity index (χ1n) is 7.13. The van der Waals surface area contributed by atoms with Crippen molar-refractivity contribution in [3.8, 4) is 11.5 Å². The predicted octanol–water partition coefficient (Wildman–Crippen LogP) is 1.24. The van der Waals surface area contributed by atoms with Crippen LogP contribution in [0.3, 0.4) is 0 Å². The average Bonchev–Trinajstić information content (AvgIpc) is 3.19. The van der Waals surface area contributed by atoms with Crippen LogP contribution in [0.1, 0.15) is 27.8 Å². The van der Waals surface area contributed by atoms with Gasteiger partial charge in [0.15, 0.2) is 17.2 Å². The number of benzene rings is 1. The van der Waals surface area contributed by atoms with Crippen molar-refractivity contribution in [2.45, 2.75) is 13.5 Å². The molecule has 0 saturated carbocycles. The molecule has 2 amide bonds. The Kier molecular flexibility index (Phi) is 3.88. The van der Waals surface area contributed by atoms with Crippen molar-refractivity contribution in [3.63, 3.8) is 0 Å². The second kappa shape index (κ2) is 5.99. The van der Waals surface area contributed by atoms with Crippen molar-refractivity contribution < 1.29 is 19.1 Å². The molecule has 0 spiro atoms. The van der Waals surface area contributed by atoms with Gasteiger partial charge in [-0.1, -0.05) is 0 Å². The minimum atomic E-state index is -0.363. The molecule has 0 bridgehead atoms. The summed E-state index contributed by atoms with van der Waals surface area (Å²) in [5.41, 5.74) is 0.929. The topological polar surface area (TPSA) is 94.5 Å². The third kappa shape index (κ3) is 2.83. The molecule has 3 rings (SSSR count). The number of aromatic nitrogens is 2. The lowest BCUT2D eigenvalue weighted by molar-refractivity contribution is 0.0958. The van der Waals surface area contributed by atoms with Crippen LogP contribution in [0.25, 0.3) is 0 Å². The molecule has 23 heavy (non-hydrogen) atoms. The van der Waals surface area contributed by atoms with Crippen LogP contribution in [0.2, 0.25) is 0 Å². The van der Waals surface area contributed by atoms with Crippen molar-refractivity contribution >= 4 is 17.5 Å². The second-order valence-corrected chi connectivity index (χ2v) is 4.85. The lowest BCUT2D eigenvalue weighted by atomic mass is 10.2. The maximum absolute atomic E-state index is 12.4. The van der Waals surface area contributed by atoms with E-state index < -0.39 is 0 Å². The van der Waals surface area contributed by atoms with Crippen LogP contribution in [-0.2, 0) is 6.54 Å². The van der Waals surface area contributed by atoms with Crippen LogP contribution < -0.4 is 20.1 Å². The quantitative estimate of drug-likeness (QED) is 0.885. The summed E-state index contributed by atoms with van der Waals surface area (Å²) in [7, 11) is 1.51. The smallest absolute Gasteiger partial charge is 0.273 e. The number of amides is 2. The SMILES string of the molecule is CCn1cc(NC(=O)c2ccc3c(c2)OCO3)c(C(=O)NC)n1. The van der Waals surface area contributed by atoms with Crippen LogP contribution in [0.4, 0.5) is 5.69 Å². The molecule has 2 aromatic rings. The van der Waals surface area contributed by atoms with E-state index in [1.165, 1.54) is 7.05 Å². The summed E-state index contributed by atoms with van der Waals surface area (Å²) < 4.78 is 12.1. The fourth-order valence-corrected chi connectivity index (χ4v) is 2.19. The Hall–Kier alpha value is -3.03. The average molecular weight is 316 g/mol. The summed E-state index contributed by atoms with van der Waals surface area (Å²) in [5.74, 6) is 0.405. The van der Waals surface area contributed by atoms with E-state index in [4.69, 9.17) is 9.47 Å². The van der Waals surface area contributed by atoms with E-state index in [9.17, 15) is 9.59 Å². The number of hydrogen-bond donors (Lipinski definition) is 2. The van der Waals surface area contributed by atoms with E-state index in [2.05, 4.69) is 15.7 Å². The van der Waals surface area contributed by atoms with E-state index in [1.54, 1.807) is 29.1 Å². The number of fused-ring (bicyclic) bond motifs is 1. The highest BCUT2D eigenvalue weighted by Gasteiger charge is 2.20. The van der Waals surface area contributed by atoms with Gasteiger partial charge in [0.05, 0.1) is 5.69 Å². The van der Waals surface area contributed by atoms with Gasteiger partial charge < -0.3 is 20.1 Å². The highest BCUT2D eigenvalue weighted by Crippen LogP contribution is 2.32. The van der Waals surface area contributed by atoms with Gasteiger partial charge in [-0.05, 0) is 25.1 Å². The summed E-state index contributed by atoms with van der Waals surface area (Å²) >= 11 is 0. The number of ether oxygens (including phenoxy) is 2. The third-order valence-electron chi connectivity index (χ3n) is 3.41. The van der Waals surface area contributed by atoms with Gasteiger partial charge in [0.1, 0.15) is 0 Å². The molecule has 0 aliphatic carbocycles. The van der Waals surface area contributed by atoms with Crippen molar-refractivity contribution in [2.75, 3.05) is 19.2 Å². The van der Waals surface area contributed by atoms with Crippen LogP contribution in [0.15, 0.2) is 24.4 Å². The molecule has 1 aliphatic rings. The van der Waals surface area contributed by atoms with E-state index in [-0.39, 0.29) is 24.3 Å². The maximum atomic E-state index is 12.4. The number of hydrogen-bond acceptors (Lipinski definition) is 5. The van der Waals surface area contributed by atoms with Gasteiger partial charge in [-0.2, -0.15) is 5.10 Å². The van der Waals surface area contributed by atoms with E-state index in [1.807, 2.05) is 6.92 Å². The standard InChI is InChI=1S/C15H16N4O4/c1-3-19-7-10(13(18-19)15(21)16-2)17-14(20)9-4-5-11-12(6-9)23-8-22-11/h4-7H,3,8H2,1-2H3,(H,16,21)(H,17,20). The third-order valence-corrected chi connectivity index (χ3v) is 3.41. The first-order chi connectivity index (χ1) is 11.1. The Morgan fingerprint density at radius 2 is 2.04 bits per heavy atom.